The molecule has 17 heavy (non-hydrogen) atoms. The molecule has 0 unspecified atom stereocenters. The lowest BCUT2D eigenvalue weighted by Gasteiger charge is -2.17. The van der Waals surface area contributed by atoms with Crippen LogP contribution in [0.15, 0.2) is 6.33 Å². The Hall–Kier alpha value is -1.65. The first-order chi connectivity index (χ1) is 8.27. The van der Waals surface area contributed by atoms with Crippen LogP contribution in [0.5, 0.6) is 0 Å². The summed E-state index contributed by atoms with van der Waals surface area (Å²) in [6.07, 6.45) is 6.15. The number of amides is 1. The summed E-state index contributed by atoms with van der Waals surface area (Å²) in [5.74, 6) is 0.927. The van der Waals surface area contributed by atoms with Crippen molar-refractivity contribution in [2.45, 2.75) is 32.6 Å². The van der Waals surface area contributed by atoms with Crippen molar-refractivity contribution in [1.29, 1.82) is 0 Å². The summed E-state index contributed by atoms with van der Waals surface area (Å²) in [5, 5.41) is 6.01. The van der Waals surface area contributed by atoms with Gasteiger partial charge in [0.05, 0.1) is 0 Å². The highest BCUT2D eigenvalue weighted by Crippen LogP contribution is 2.23. The van der Waals surface area contributed by atoms with Gasteiger partial charge in [-0.1, -0.05) is 0 Å². The van der Waals surface area contributed by atoms with Crippen LogP contribution >= 0.6 is 0 Å². The number of anilines is 1. The Morgan fingerprint density at radius 1 is 1.29 bits per heavy atom. The molecule has 5 heteroatoms. The zero-order chi connectivity index (χ0) is 12.1. The van der Waals surface area contributed by atoms with Crippen LogP contribution in [-0.2, 0) is 17.6 Å². The smallest absolute Gasteiger partial charge is 0.216 e. The molecule has 0 aromatic carbocycles. The van der Waals surface area contributed by atoms with E-state index in [1.807, 2.05) is 0 Å². The van der Waals surface area contributed by atoms with Crippen molar-refractivity contribution in [2.75, 3.05) is 18.4 Å². The first-order valence-corrected chi connectivity index (χ1v) is 6.08. The number of carbonyl (C=O) groups is 1. The fraction of sp³-hybridized carbons (Fsp3) is 0.583. The number of hydrogen-bond donors (Lipinski definition) is 2. The van der Waals surface area contributed by atoms with E-state index in [-0.39, 0.29) is 5.91 Å². The molecule has 1 amide bonds. The van der Waals surface area contributed by atoms with Gasteiger partial charge in [0.1, 0.15) is 12.1 Å². The zero-order valence-electron chi connectivity index (χ0n) is 10.1. The summed E-state index contributed by atoms with van der Waals surface area (Å²) in [7, 11) is 0. The third-order valence-corrected chi connectivity index (χ3v) is 2.92. The van der Waals surface area contributed by atoms with E-state index in [9.17, 15) is 4.79 Å². The zero-order valence-corrected chi connectivity index (χ0v) is 10.1. The van der Waals surface area contributed by atoms with Crippen LogP contribution in [-0.4, -0.2) is 29.0 Å². The van der Waals surface area contributed by atoms with Crippen molar-refractivity contribution in [2.24, 2.45) is 0 Å². The molecule has 0 radical (unpaired) electrons. The van der Waals surface area contributed by atoms with Gasteiger partial charge in [-0.15, -0.1) is 0 Å². The average molecular weight is 234 g/mol. The highest BCUT2D eigenvalue weighted by Gasteiger charge is 2.14. The van der Waals surface area contributed by atoms with E-state index < -0.39 is 0 Å². The lowest BCUT2D eigenvalue weighted by atomic mass is 9.96. The highest BCUT2D eigenvalue weighted by molar-refractivity contribution is 5.72. The number of hydrogen-bond acceptors (Lipinski definition) is 4. The number of fused-ring (bicyclic) bond motifs is 1. The number of nitrogens with one attached hydrogen (secondary N) is 2. The van der Waals surface area contributed by atoms with E-state index in [0.29, 0.717) is 13.1 Å². The number of rotatable bonds is 4. The third-order valence-electron chi connectivity index (χ3n) is 2.92. The Bertz CT molecular complexity index is 405. The monoisotopic (exact) mass is 234 g/mol. The van der Waals surface area contributed by atoms with Gasteiger partial charge < -0.3 is 10.6 Å². The standard InChI is InChI=1S/C12H18N4O/c1-9(17)13-6-7-14-12-10-4-2-3-5-11(10)15-8-16-12/h8H,2-7H2,1H3,(H,13,17)(H,14,15,16). The molecule has 2 N–H and O–H groups in total. The van der Waals surface area contributed by atoms with Crippen LogP contribution in [0.2, 0.25) is 0 Å². The number of aryl methyl sites for hydroxylation is 1. The summed E-state index contributed by atoms with van der Waals surface area (Å²) in [6, 6.07) is 0. The predicted octanol–water partition coefficient (Wildman–Crippen LogP) is 0.903. The minimum Gasteiger partial charge on any atom is -0.368 e. The first-order valence-electron chi connectivity index (χ1n) is 6.08. The van der Waals surface area contributed by atoms with Gasteiger partial charge >= 0.3 is 0 Å². The van der Waals surface area contributed by atoms with Gasteiger partial charge in [0.2, 0.25) is 5.91 Å². The van der Waals surface area contributed by atoms with Crippen LogP contribution in [0.3, 0.4) is 0 Å². The van der Waals surface area contributed by atoms with Gasteiger partial charge in [-0.3, -0.25) is 4.79 Å². The molecular formula is C12H18N4O. The van der Waals surface area contributed by atoms with E-state index >= 15 is 0 Å². The van der Waals surface area contributed by atoms with Crippen molar-refractivity contribution in [3.05, 3.63) is 17.6 Å². The second kappa shape index (κ2) is 5.61. The SMILES string of the molecule is CC(=O)NCCNc1ncnc2c1CCCC2. The summed E-state index contributed by atoms with van der Waals surface area (Å²) in [4.78, 5) is 19.3. The topological polar surface area (TPSA) is 66.9 Å². The Labute approximate surface area is 101 Å². The van der Waals surface area contributed by atoms with Gasteiger partial charge in [0.15, 0.2) is 0 Å². The Kier molecular flexibility index (Phi) is 3.90. The minimum atomic E-state index is -0.00323. The van der Waals surface area contributed by atoms with Gasteiger partial charge in [-0.25, -0.2) is 9.97 Å². The van der Waals surface area contributed by atoms with E-state index in [0.717, 1.165) is 18.7 Å². The van der Waals surface area contributed by atoms with Crippen LogP contribution in [0.1, 0.15) is 31.0 Å². The molecule has 1 aliphatic rings. The number of carbonyl (C=O) groups excluding carboxylic acids is 1. The molecule has 1 aromatic heterocycles. The maximum absolute atomic E-state index is 10.7. The summed E-state index contributed by atoms with van der Waals surface area (Å²) in [6.45, 7) is 2.84. The lowest BCUT2D eigenvalue weighted by Crippen LogP contribution is -2.27. The lowest BCUT2D eigenvalue weighted by molar-refractivity contribution is -0.118. The van der Waals surface area contributed by atoms with Gasteiger partial charge in [0.25, 0.3) is 0 Å². The largest absolute Gasteiger partial charge is 0.368 e. The molecular weight excluding hydrogens is 216 g/mol. The maximum Gasteiger partial charge on any atom is 0.216 e. The Morgan fingerprint density at radius 2 is 2.12 bits per heavy atom. The Morgan fingerprint density at radius 3 is 2.94 bits per heavy atom. The molecule has 0 spiro atoms. The summed E-state index contributed by atoms with van der Waals surface area (Å²) in [5.41, 5.74) is 2.43. The van der Waals surface area contributed by atoms with Crippen molar-refractivity contribution in [1.82, 2.24) is 15.3 Å². The quantitative estimate of drug-likeness (QED) is 0.760. The molecule has 92 valence electrons. The third kappa shape index (κ3) is 3.15. The van der Waals surface area contributed by atoms with Crippen molar-refractivity contribution in [3.63, 3.8) is 0 Å². The van der Waals surface area contributed by atoms with Gasteiger partial charge in [-0.2, -0.15) is 0 Å². The molecule has 1 aromatic rings. The Balaban J connectivity index is 1.94. The normalized spacial score (nSPS) is 13.9. The predicted molar refractivity (Wildman–Crippen MR) is 65.8 cm³/mol. The van der Waals surface area contributed by atoms with E-state index in [1.54, 1.807) is 6.33 Å². The highest BCUT2D eigenvalue weighted by atomic mass is 16.1. The van der Waals surface area contributed by atoms with E-state index in [1.165, 1.54) is 31.0 Å². The molecule has 1 aliphatic carbocycles. The molecule has 0 saturated carbocycles. The molecule has 0 fully saturated rings. The maximum atomic E-state index is 10.7. The fourth-order valence-electron chi connectivity index (χ4n) is 2.09. The second-order valence-electron chi connectivity index (χ2n) is 4.26. The second-order valence-corrected chi connectivity index (χ2v) is 4.26. The van der Waals surface area contributed by atoms with Crippen LogP contribution in [0.25, 0.3) is 0 Å². The van der Waals surface area contributed by atoms with Crippen LogP contribution < -0.4 is 10.6 Å². The molecule has 0 atom stereocenters. The number of aromatic nitrogens is 2. The van der Waals surface area contributed by atoms with E-state index in [2.05, 4.69) is 20.6 Å². The van der Waals surface area contributed by atoms with Crippen molar-refractivity contribution in [3.8, 4) is 0 Å². The molecule has 0 aliphatic heterocycles. The van der Waals surface area contributed by atoms with Gasteiger partial charge in [-0.05, 0) is 25.7 Å². The van der Waals surface area contributed by atoms with Crippen LogP contribution in [0, 0.1) is 0 Å². The van der Waals surface area contributed by atoms with Crippen molar-refractivity contribution < 1.29 is 4.79 Å². The fourth-order valence-corrected chi connectivity index (χ4v) is 2.09. The van der Waals surface area contributed by atoms with Crippen molar-refractivity contribution >= 4 is 11.7 Å². The molecule has 2 rings (SSSR count). The van der Waals surface area contributed by atoms with Crippen LogP contribution in [0.4, 0.5) is 5.82 Å². The minimum absolute atomic E-state index is 0.00323. The van der Waals surface area contributed by atoms with Gasteiger partial charge in [0, 0.05) is 31.3 Å². The number of nitrogens with zero attached hydrogens (tertiary/aromatic N) is 2. The summed E-state index contributed by atoms with van der Waals surface area (Å²) < 4.78 is 0. The molecule has 5 nitrogen and oxygen atoms in total. The summed E-state index contributed by atoms with van der Waals surface area (Å²) >= 11 is 0. The molecule has 0 bridgehead atoms. The van der Waals surface area contributed by atoms with E-state index in [4.69, 9.17) is 0 Å². The molecule has 1 heterocycles. The molecule has 0 saturated heterocycles. The first kappa shape index (κ1) is 11.8. The average Bonchev–Trinajstić information content (AvgIpc) is 2.34.